The average molecular weight is 214 g/mol. The van der Waals surface area contributed by atoms with Crippen LogP contribution in [0.2, 0.25) is 0 Å². The summed E-state index contributed by atoms with van der Waals surface area (Å²) in [5.41, 5.74) is 1.17. The van der Waals surface area contributed by atoms with Crippen molar-refractivity contribution in [3.8, 4) is 0 Å². The maximum atomic E-state index is 9.72. The maximum absolute atomic E-state index is 9.72. The predicted molar refractivity (Wildman–Crippen MR) is 47.5 cm³/mol. The third kappa shape index (κ3) is 22.6. The number of aliphatic hydroxyl groups excluding tert-OH is 1. The summed E-state index contributed by atoms with van der Waals surface area (Å²) < 4.78 is 0. The van der Waals surface area contributed by atoms with Crippen molar-refractivity contribution in [2.45, 2.75) is 26.4 Å². The number of rotatable bonds is 3. The Kier molecular flexibility index (Phi) is 14.7. The third-order valence-corrected chi connectivity index (χ3v) is 0.653. The molecule has 1 unspecified atom stereocenters. The minimum absolute atomic E-state index is 0. The molecule has 0 aliphatic carbocycles. The fraction of sp³-hybridized carbons (Fsp3) is 0.500. The molecule has 1 atom stereocenters. The topological polar surface area (TPSA) is 94.8 Å². The summed E-state index contributed by atoms with van der Waals surface area (Å²) in [5, 5.41) is 24.1. The van der Waals surface area contributed by atoms with E-state index in [0.29, 0.717) is 0 Å². The maximum Gasteiger partial charge on any atom is 1.00 e. The summed E-state index contributed by atoms with van der Waals surface area (Å²) in [7, 11) is 0. The van der Waals surface area contributed by atoms with E-state index in [1.807, 2.05) is 13.8 Å². The average Bonchev–Trinajstić information content (AvgIpc) is 1.83. The zero-order valence-corrected chi connectivity index (χ0v) is 10.6. The largest absolute Gasteiger partial charge is 1.00 e. The van der Waals surface area contributed by atoms with Crippen molar-refractivity contribution in [1.82, 2.24) is 0 Å². The summed E-state index contributed by atoms with van der Waals surface area (Å²) >= 11 is 0. The van der Waals surface area contributed by atoms with Crippen LogP contribution in [-0.4, -0.2) is 33.4 Å². The van der Waals surface area contributed by atoms with E-state index in [0.717, 1.165) is 0 Å². The molecule has 0 amide bonds. The molecule has 0 spiro atoms. The van der Waals surface area contributed by atoms with E-state index in [2.05, 4.69) is 6.58 Å². The van der Waals surface area contributed by atoms with E-state index < -0.39 is 24.5 Å². The Labute approximate surface area is 106 Å². The Morgan fingerprint density at radius 1 is 1.36 bits per heavy atom. The van der Waals surface area contributed by atoms with Gasteiger partial charge in [0.2, 0.25) is 0 Å². The predicted octanol–water partition coefficient (Wildman–Crippen LogP) is -2.39. The van der Waals surface area contributed by atoms with Gasteiger partial charge in [-0.05, 0) is 13.8 Å². The van der Waals surface area contributed by atoms with Crippen LogP contribution in [0.3, 0.4) is 0 Å². The fourth-order valence-electron chi connectivity index (χ4n) is 0.253. The molecular weight excluding hydrogens is 199 g/mol. The van der Waals surface area contributed by atoms with Gasteiger partial charge < -0.3 is 16.7 Å². The Hall–Kier alpha value is -0.360. The van der Waals surface area contributed by atoms with Crippen LogP contribution in [0.25, 0.3) is 0 Å². The van der Waals surface area contributed by atoms with Crippen LogP contribution in [0.4, 0.5) is 0 Å². The first-order valence-electron chi connectivity index (χ1n) is 3.52. The molecule has 0 aromatic rings. The summed E-state index contributed by atoms with van der Waals surface area (Å²) in [4.78, 5) is 19.4. The molecule has 78 valence electrons. The minimum atomic E-state index is -1.79. The van der Waals surface area contributed by atoms with Crippen molar-refractivity contribution in [1.29, 1.82) is 0 Å². The number of carbonyl (C=O) groups is 2. The molecule has 0 aromatic carbocycles. The molecular formula is C8H15NaO5. The first kappa shape index (κ1) is 19.2. The Balaban J connectivity index is -0.0000000883. The van der Waals surface area contributed by atoms with Crippen molar-refractivity contribution in [3.63, 3.8) is 0 Å². The van der Waals surface area contributed by atoms with Gasteiger partial charge in [0, 0.05) is 0 Å². The van der Waals surface area contributed by atoms with Gasteiger partial charge in [-0.25, -0.2) is 4.79 Å². The number of carboxylic acid groups (broad SMARTS) is 2. The van der Waals surface area contributed by atoms with Crippen LogP contribution in [0.5, 0.6) is 0 Å². The number of carboxylic acids is 2. The quantitative estimate of drug-likeness (QED) is 0.360. The zero-order chi connectivity index (χ0) is 11.0. The molecule has 6 heteroatoms. The molecule has 0 saturated heterocycles. The molecule has 0 aliphatic heterocycles. The zero-order valence-electron chi connectivity index (χ0n) is 9.65. The van der Waals surface area contributed by atoms with Crippen molar-refractivity contribution in [2.24, 2.45) is 0 Å². The van der Waals surface area contributed by atoms with Crippen LogP contribution in [-0.2, 0) is 9.59 Å². The molecule has 0 rings (SSSR count). The first-order chi connectivity index (χ1) is 5.77. The van der Waals surface area contributed by atoms with Crippen LogP contribution in [0, 0.1) is 0 Å². The van der Waals surface area contributed by atoms with Gasteiger partial charge in [0.1, 0.15) is 0 Å². The second-order valence-corrected chi connectivity index (χ2v) is 2.66. The molecule has 0 heterocycles. The molecule has 0 fully saturated rings. The third-order valence-electron chi connectivity index (χ3n) is 0.653. The van der Waals surface area contributed by atoms with Crippen LogP contribution in [0.15, 0.2) is 12.2 Å². The Morgan fingerprint density at radius 2 is 1.64 bits per heavy atom. The van der Waals surface area contributed by atoms with Gasteiger partial charge >= 0.3 is 41.5 Å². The summed E-state index contributed by atoms with van der Waals surface area (Å²) in [6.07, 6.45) is -2.54. The van der Waals surface area contributed by atoms with Gasteiger partial charge in [-0.15, -0.1) is 6.58 Å². The number of hydrogen-bond acceptors (Lipinski definition) is 3. The van der Waals surface area contributed by atoms with Gasteiger partial charge in [0.25, 0.3) is 0 Å². The van der Waals surface area contributed by atoms with E-state index in [1.54, 1.807) is 0 Å². The number of hydrogen-bond donors (Lipinski definition) is 3. The smallest absolute Gasteiger partial charge is 1.00 e. The molecule has 0 bridgehead atoms. The Morgan fingerprint density at radius 3 is 1.71 bits per heavy atom. The van der Waals surface area contributed by atoms with E-state index in [9.17, 15) is 9.59 Å². The normalized spacial score (nSPS) is 9.93. The van der Waals surface area contributed by atoms with Gasteiger partial charge in [-0.1, -0.05) is 5.57 Å². The van der Waals surface area contributed by atoms with Gasteiger partial charge in [-0.3, -0.25) is 4.79 Å². The number of allylic oxidation sites excluding steroid dienone is 1. The van der Waals surface area contributed by atoms with Crippen LogP contribution in [0.1, 0.15) is 21.7 Å². The van der Waals surface area contributed by atoms with Gasteiger partial charge in [0.15, 0.2) is 6.10 Å². The Bertz CT molecular complexity index is 203. The van der Waals surface area contributed by atoms with E-state index >= 15 is 0 Å². The minimum Gasteiger partial charge on any atom is -1.00 e. The van der Waals surface area contributed by atoms with Crippen LogP contribution >= 0.6 is 0 Å². The fourth-order valence-corrected chi connectivity index (χ4v) is 0.253. The van der Waals surface area contributed by atoms with E-state index in [-0.39, 0.29) is 31.0 Å². The van der Waals surface area contributed by atoms with Crippen LogP contribution < -0.4 is 29.6 Å². The molecule has 14 heavy (non-hydrogen) atoms. The monoisotopic (exact) mass is 214 g/mol. The summed E-state index contributed by atoms with van der Waals surface area (Å²) in [6, 6.07) is 0. The van der Waals surface area contributed by atoms with Gasteiger partial charge in [-0.2, -0.15) is 0 Å². The second-order valence-electron chi connectivity index (χ2n) is 2.66. The number of aliphatic carboxylic acids is 2. The molecule has 0 aliphatic rings. The first-order valence-corrected chi connectivity index (χ1v) is 3.52. The number of aliphatic hydroxyl groups is 1. The molecule has 0 aromatic heterocycles. The van der Waals surface area contributed by atoms with Crippen molar-refractivity contribution in [2.75, 3.05) is 0 Å². The SMILES string of the molecule is C=C(C)C.O=C(O)CC(O)C(=O)O.[H-].[Na+]. The van der Waals surface area contributed by atoms with Crippen molar-refractivity contribution >= 4 is 11.9 Å². The standard InChI is InChI=1S/C4H6O5.C4H8.Na.H/c5-2(4(8)9)1-3(6)7;1-4(2)3;;/h2,5H,1H2,(H,6,7)(H,8,9);1H2,2-3H3;;/q;;+1;-1. The van der Waals surface area contributed by atoms with Crippen molar-refractivity contribution in [3.05, 3.63) is 12.2 Å². The summed E-state index contributed by atoms with van der Waals surface area (Å²) in [6.45, 7) is 7.50. The second kappa shape index (κ2) is 10.7. The molecule has 3 N–H and O–H groups in total. The summed E-state index contributed by atoms with van der Waals surface area (Å²) in [5.74, 6) is -2.85. The molecule has 0 saturated carbocycles. The van der Waals surface area contributed by atoms with E-state index in [1.165, 1.54) is 5.57 Å². The van der Waals surface area contributed by atoms with Crippen molar-refractivity contribution < 1.29 is 55.9 Å². The molecule has 5 nitrogen and oxygen atoms in total. The molecule has 0 radical (unpaired) electrons. The van der Waals surface area contributed by atoms with E-state index in [4.69, 9.17) is 15.3 Å². The van der Waals surface area contributed by atoms with Gasteiger partial charge in [0.05, 0.1) is 6.42 Å².